The number of hydrogen-bond acceptors (Lipinski definition) is 2. The summed E-state index contributed by atoms with van der Waals surface area (Å²) in [5, 5.41) is 3.32. The topological polar surface area (TPSA) is 15.3 Å². The summed E-state index contributed by atoms with van der Waals surface area (Å²) >= 11 is 0. The van der Waals surface area contributed by atoms with Crippen molar-refractivity contribution in [3.63, 3.8) is 0 Å². The van der Waals surface area contributed by atoms with Crippen molar-refractivity contribution >= 4 is 0 Å². The zero-order chi connectivity index (χ0) is 16.0. The Bertz CT molecular complexity index is 292. The van der Waals surface area contributed by atoms with Gasteiger partial charge in [0.2, 0.25) is 0 Å². The standard InChI is InChI=1S/C16H31F3N2/c1-5-6-13-7-8-15(20-4)14(9-13)10-21(12(2)3)11-16(17,18)19/h12-15,20H,5-11H2,1-4H3. The molecule has 0 spiro atoms. The highest BCUT2D eigenvalue weighted by molar-refractivity contribution is 4.87. The van der Waals surface area contributed by atoms with Crippen LogP contribution in [0.2, 0.25) is 0 Å². The Balaban J connectivity index is 2.68. The molecule has 0 aromatic heterocycles. The first-order valence-electron chi connectivity index (χ1n) is 8.24. The largest absolute Gasteiger partial charge is 0.401 e. The molecule has 1 rings (SSSR count). The van der Waals surface area contributed by atoms with Crippen LogP contribution in [0.4, 0.5) is 13.2 Å². The average Bonchev–Trinajstić information content (AvgIpc) is 2.37. The van der Waals surface area contributed by atoms with Crippen LogP contribution in [-0.4, -0.2) is 43.3 Å². The molecule has 1 aliphatic rings. The Kier molecular flexibility index (Phi) is 7.48. The summed E-state index contributed by atoms with van der Waals surface area (Å²) in [6, 6.07) is 0.281. The van der Waals surface area contributed by atoms with E-state index in [4.69, 9.17) is 0 Å². The Morgan fingerprint density at radius 3 is 2.38 bits per heavy atom. The van der Waals surface area contributed by atoms with Crippen LogP contribution in [0.25, 0.3) is 0 Å². The Labute approximate surface area is 127 Å². The van der Waals surface area contributed by atoms with Crippen molar-refractivity contribution in [1.29, 1.82) is 0 Å². The summed E-state index contributed by atoms with van der Waals surface area (Å²) in [6.45, 7) is 5.64. The minimum absolute atomic E-state index is 0.0734. The fourth-order valence-electron chi connectivity index (χ4n) is 3.60. The van der Waals surface area contributed by atoms with Gasteiger partial charge in [-0.1, -0.05) is 19.8 Å². The van der Waals surface area contributed by atoms with Gasteiger partial charge in [0, 0.05) is 18.6 Å². The van der Waals surface area contributed by atoms with E-state index in [1.54, 1.807) is 4.90 Å². The lowest BCUT2D eigenvalue weighted by molar-refractivity contribution is -0.151. The van der Waals surface area contributed by atoms with Crippen molar-refractivity contribution in [2.45, 2.75) is 71.1 Å². The maximum Gasteiger partial charge on any atom is 0.401 e. The van der Waals surface area contributed by atoms with Gasteiger partial charge >= 0.3 is 6.18 Å². The third-order valence-corrected chi connectivity index (χ3v) is 4.74. The molecule has 1 fully saturated rings. The molecule has 1 N–H and O–H groups in total. The van der Waals surface area contributed by atoms with E-state index in [1.807, 2.05) is 20.9 Å². The molecule has 0 aromatic carbocycles. The number of hydrogen-bond donors (Lipinski definition) is 1. The Hall–Kier alpha value is -0.290. The van der Waals surface area contributed by atoms with Crippen LogP contribution in [0.3, 0.4) is 0 Å². The van der Waals surface area contributed by atoms with Crippen LogP contribution in [-0.2, 0) is 0 Å². The van der Waals surface area contributed by atoms with Gasteiger partial charge in [0.15, 0.2) is 0 Å². The second-order valence-corrected chi connectivity index (χ2v) is 6.76. The van der Waals surface area contributed by atoms with E-state index in [-0.39, 0.29) is 6.04 Å². The lowest BCUT2D eigenvalue weighted by atomic mass is 9.76. The third-order valence-electron chi connectivity index (χ3n) is 4.74. The first kappa shape index (κ1) is 18.8. The molecule has 21 heavy (non-hydrogen) atoms. The predicted molar refractivity (Wildman–Crippen MR) is 81.4 cm³/mol. The summed E-state index contributed by atoms with van der Waals surface area (Å²) in [6.07, 6.45) is 1.60. The van der Waals surface area contributed by atoms with Crippen molar-refractivity contribution < 1.29 is 13.2 Å². The molecule has 0 bridgehead atoms. The second kappa shape index (κ2) is 8.37. The molecule has 126 valence electrons. The highest BCUT2D eigenvalue weighted by Crippen LogP contribution is 2.33. The summed E-state index contributed by atoms with van der Waals surface area (Å²) in [7, 11) is 1.93. The fourth-order valence-corrected chi connectivity index (χ4v) is 3.60. The van der Waals surface area contributed by atoms with Gasteiger partial charge in [-0.2, -0.15) is 13.2 Å². The first-order chi connectivity index (χ1) is 9.76. The van der Waals surface area contributed by atoms with Crippen LogP contribution in [0.1, 0.15) is 52.9 Å². The average molecular weight is 308 g/mol. The lowest BCUT2D eigenvalue weighted by Gasteiger charge is -2.40. The van der Waals surface area contributed by atoms with Gasteiger partial charge in [-0.3, -0.25) is 4.90 Å². The van der Waals surface area contributed by atoms with Gasteiger partial charge in [-0.15, -0.1) is 0 Å². The molecular formula is C16H31F3N2. The SMILES string of the molecule is CCCC1CCC(NC)C(CN(CC(F)(F)F)C(C)C)C1. The number of nitrogens with one attached hydrogen (secondary N) is 1. The number of halogens is 3. The second-order valence-electron chi connectivity index (χ2n) is 6.76. The smallest absolute Gasteiger partial charge is 0.317 e. The molecule has 0 amide bonds. The molecule has 2 nitrogen and oxygen atoms in total. The highest BCUT2D eigenvalue weighted by Gasteiger charge is 2.36. The lowest BCUT2D eigenvalue weighted by Crippen LogP contribution is -2.48. The van der Waals surface area contributed by atoms with Crippen LogP contribution >= 0.6 is 0 Å². The van der Waals surface area contributed by atoms with Gasteiger partial charge in [0.1, 0.15) is 0 Å². The molecule has 0 heterocycles. The number of rotatable bonds is 7. The molecule has 0 saturated heterocycles. The summed E-state index contributed by atoms with van der Waals surface area (Å²) in [4.78, 5) is 1.59. The Morgan fingerprint density at radius 1 is 1.24 bits per heavy atom. The molecule has 1 saturated carbocycles. The molecular weight excluding hydrogens is 277 g/mol. The Morgan fingerprint density at radius 2 is 1.90 bits per heavy atom. The van der Waals surface area contributed by atoms with E-state index in [2.05, 4.69) is 12.2 Å². The van der Waals surface area contributed by atoms with Crippen molar-refractivity contribution in [1.82, 2.24) is 10.2 Å². The molecule has 0 radical (unpaired) electrons. The predicted octanol–water partition coefficient (Wildman–Crippen LogP) is 4.06. The van der Waals surface area contributed by atoms with Crippen molar-refractivity contribution in [3.05, 3.63) is 0 Å². The summed E-state index contributed by atoms with van der Waals surface area (Å²) in [5.41, 5.74) is 0. The maximum atomic E-state index is 12.7. The van der Waals surface area contributed by atoms with E-state index in [0.29, 0.717) is 24.4 Å². The third kappa shape index (κ3) is 6.55. The van der Waals surface area contributed by atoms with Crippen molar-refractivity contribution in [2.75, 3.05) is 20.1 Å². The number of nitrogens with zero attached hydrogens (tertiary/aromatic N) is 1. The van der Waals surface area contributed by atoms with Gasteiger partial charge in [-0.05, 0) is 52.0 Å². The van der Waals surface area contributed by atoms with Crippen LogP contribution in [0.15, 0.2) is 0 Å². The molecule has 3 unspecified atom stereocenters. The number of alkyl halides is 3. The van der Waals surface area contributed by atoms with Gasteiger partial charge in [-0.25, -0.2) is 0 Å². The first-order valence-corrected chi connectivity index (χ1v) is 8.24. The van der Waals surface area contributed by atoms with Crippen LogP contribution in [0, 0.1) is 11.8 Å². The normalized spacial score (nSPS) is 27.6. The van der Waals surface area contributed by atoms with Gasteiger partial charge in [0.25, 0.3) is 0 Å². The van der Waals surface area contributed by atoms with Gasteiger partial charge < -0.3 is 5.32 Å². The van der Waals surface area contributed by atoms with E-state index in [1.165, 1.54) is 12.8 Å². The molecule has 3 atom stereocenters. The van der Waals surface area contributed by atoms with E-state index in [9.17, 15) is 13.2 Å². The fraction of sp³-hybridized carbons (Fsp3) is 1.00. The van der Waals surface area contributed by atoms with Crippen LogP contribution < -0.4 is 5.32 Å². The monoisotopic (exact) mass is 308 g/mol. The molecule has 0 aromatic rings. The van der Waals surface area contributed by atoms with Crippen molar-refractivity contribution in [2.24, 2.45) is 11.8 Å². The van der Waals surface area contributed by atoms with Gasteiger partial charge in [0.05, 0.1) is 6.54 Å². The minimum atomic E-state index is -4.11. The quantitative estimate of drug-likeness (QED) is 0.763. The summed E-state index contributed by atoms with van der Waals surface area (Å²) < 4.78 is 38.2. The molecule has 5 heteroatoms. The van der Waals surface area contributed by atoms with E-state index in [0.717, 1.165) is 19.3 Å². The molecule has 1 aliphatic carbocycles. The minimum Gasteiger partial charge on any atom is -0.317 e. The van der Waals surface area contributed by atoms with Crippen molar-refractivity contribution in [3.8, 4) is 0 Å². The highest BCUT2D eigenvalue weighted by atomic mass is 19.4. The van der Waals surface area contributed by atoms with Crippen LogP contribution in [0.5, 0.6) is 0 Å². The summed E-state index contributed by atoms with van der Waals surface area (Å²) in [5.74, 6) is 1.01. The zero-order valence-corrected chi connectivity index (χ0v) is 13.8. The van der Waals surface area contributed by atoms with E-state index >= 15 is 0 Å². The van der Waals surface area contributed by atoms with E-state index < -0.39 is 12.7 Å². The maximum absolute atomic E-state index is 12.7. The zero-order valence-electron chi connectivity index (χ0n) is 13.8. The molecule has 0 aliphatic heterocycles.